The number of benzene rings is 16. The van der Waals surface area contributed by atoms with Crippen LogP contribution in [-0.4, -0.2) is 49.4 Å². The van der Waals surface area contributed by atoms with Gasteiger partial charge < -0.3 is 8.98 Å². The van der Waals surface area contributed by atoms with E-state index in [4.69, 9.17) is 62.4 Å². The topological polar surface area (TPSA) is 143 Å². The minimum atomic E-state index is 0.609. The summed E-state index contributed by atoms with van der Waals surface area (Å²) >= 11 is 0. The monoisotopic (exact) mass is 1610 g/mol. The first-order valence-electron chi connectivity index (χ1n) is 41.6. The van der Waals surface area contributed by atoms with Gasteiger partial charge in [0.1, 0.15) is 11.2 Å². The first-order valence-corrected chi connectivity index (χ1v) is 41.6. The van der Waals surface area contributed by atoms with Crippen LogP contribution in [0.3, 0.4) is 0 Å². The Balaban J connectivity index is 0.000000109. The van der Waals surface area contributed by atoms with Crippen LogP contribution in [0, 0.1) is 13.1 Å². The molecule has 0 amide bonds. The van der Waals surface area contributed by atoms with Gasteiger partial charge in [-0.2, -0.15) is 0 Å². The van der Waals surface area contributed by atoms with Gasteiger partial charge in [-0.3, -0.25) is 15.0 Å². The molecule has 0 saturated carbocycles. The minimum Gasteiger partial charge on any atom is -0.456 e. The van der Waals surface area contributed by atoms with Crippen LogP contribution < -0.4 is 0 Å². The van der Waals surface area contributed by atoms with Crippen molar-refractivity contribution < 1.29 is 4.42 Å². The molecule has 0 spiro atoms. The molecule has 0 unspecified atom stereocenters. The van der Waals surface area contributed by atoms with Crippen molar-refractivity contribution >= 4 is 153 Å². The van der Waals surface area contributed by atoms with Gasteiger partial charge >= 0.3 is 0 Å². The average Bonchev–Trinajstić information content (AvgIpc) is 1.19. The van der Waals surface area contributed by atoms with Gasteiger partial charge in [-0.05, 0) is 125 Å². The molecule has 9 aromatic heterocycles. The van der Waals surface area contributed by atoms with Crippen molar-refractivity contribution in [3.8, 4) is 95.9 Å². The number of aromatic nitrogens is 10. The van der Waals surface area contributed by atoms with Crippen molar-refractivity contribution in [3.05, 3.63) is 424 Å². The zero-order chi connectivity index (χ0) is 83.7. The molecule has 0 saturated heterocycles. The molecule has 0 aliphatic carbocycles. The highest BCUT2D eigenvalue weighted by atomic mass is 16.3. The van der Waals surface area contributed by atoms with Crippen LogP contribution in [0.1, 0.15) is 0 Å². The van der Waals surface area contributed by atoms with Crippen molar-refractivity contribution in [3.63, 3.8) is 0 Å². The van der Waals surface area contributed by atoms with E-state index in [1.54, 1.807) is 6.07 Å². The van der Waals surface area contributed by atoms with E-state index in [9.17, 15) is 0 Å². The maximum atomic E-state index is 7.61. The smallest absolute Gasteiger partial charge is 0.188 e. The number of pyridine rings is 6. The molecule has 9 heterocycles. The fraction of sp³-hybridized carbons (Fsp3) is 0. The normalized spacial score (nSPS) is 11.5. The van der Waals surface area contributed by atoms with Crippen molar-refractivity contribution in [1.29, 1.82) is 0 Å². The second kappa shape index (κ2) is 30.9. The molecular formula is C113H66N12O. The molecule has 16 aromatic carbocycles. The maximum Gasteiger partial charge on any atom is 0.188 e. The molecular weight excluding hydrogens is 1540 g/mol. The van der Waals surface area contributed by atoms with E-state index in [1.165, 1.54) is 0 Å². The predicted molar refractivity (Wildman–Crippen MR) is 515 cm³/mol. The average molecular weight is 1610 g/mol. The Morgan fingerprint density at radius 2 is 0.556 bits per heavy atom. The number of hydrogen-bond acceptors (Lipinski definition) is 10. The van der Waals surface area contributed by atoms with Crippen molar-refractivity contribution in [1.82, 2.24) is 49.4 Å². The van der Waals surface area contributed by atoms with E-state index in [0.717, 1.165) is 220 Å². The summed E-state index contributed by atoms with van der Waals surface area (Å²) in [7, 11) is 0. The molecule has 0 bridgehead atoms. The van der Waals surface area contributed by atoms with Crippen molar-refractivity contribution in [2.45, 2.75) is 0 Å². The molecule has 13 nitrogen and oxygen atoms in total. The van der Waals surface area contributed by atoms with Gasteiger partial charge in [0.05, 0.1) is 74.4 Å². The zero-order valence-corrected chi connectivity index (χ0v) is 67.4. The Hall–Kier alpha value is -17.7. The molecule has 0 atom stereocenters. The van der Waals surface area contributed by atoms with Gasteiger partial charge in [-0.15, -0.1) is 0 Å². The molecule has 126 heavy (non-hydrogen) atoms. The molecule has 0 aliphatic heterocycles. The SMILES string of the molecule is [C-]#[N+]c1ccc2c(c1)c1cc(-c3ccc(-c4nc5ccccc5c5c4ccc4cccnc45)cc3)ccc1n2-c1ccccc1.[C-]#[N+]c1ccc2oc3ccc(-c4ccc(-c5nc6ccccc6c6c5ccc5cccnc56)cc4)cc3c2c1.c1ccc(-c2nc(-c3ccccc3)nc(-c3ccc(-c4nc5ccccc5c5c4ccc4cccnc45)cc3)n2)cc1. The number of nitrogens with zero attached hydrogens (tertiary/aromatic N) is 12. The van der Waals surface area contributed by atoms with Crippen LogP contribution in [0.4, 0.5) is 11.4 Å². The number of hydrogen-bond donors (Lipinski definition) is 0. The fourth-order valence-corrected chi connectivity index (χ4v) is 17.9. The highest BCUT2D eigenvalue weighted by Gasteiger charge is 2.22. The lowest BCUT2D eigenvalue weighted by Gasteiger charge is -2.12. The summed E-state index contributed by atoms with van der Waals surface area (Å²) in [5, 5.41) is 17.5. The lowest BCUT2D eigenvalue weighted by molar-refractivity contribution is 0.669. The molecule has 0 N–H and O–H groups in total. The summed E-state index contributed by atoms with van der Waals surface area (Å²) in [6, 6.07) is 130. The Bertz CT molecular complexity index is 8690. The Kier molecular flexibility index (Phi) is 18.0. The molecule has 0 aliphatic rings. The van der Waals surface area contributed by atoms with Crippen LogP contribution in [0.2, 0.25) is 0 Å². The van der Waals surface area contributed by atoms with E-state index in [2.05, 4.69) is 257 Å². The standard InChI is InChI=1S/C41H24N4.C37H23N5.C35H19N3O/c1-42-30-19-22-38-35(25-30)34-24-29(18-21-37(34)45(38)31-9-3-2-4-10-31)26-13-15-28(16-14-26)40-33-20-17-27-8-7-23-43-41(27)39(33)32-11-5-6-12-36(32)44-40;1-3-10-26(11-4-1)35-40-36(27-12-5-2-6-13-27)42-37(41-35)28-19-17-25(18-20-28)33-30-22-21-24-14-9-23-38-34(24)32(30)29-15-7-8-16-31(29)39-33;1-36-25-14-17-32-29(20-25)28-19-24(13-16-31(28)39-32)21-8-10-23(11-9-21)34-27-15-12-22-5-4-18-37-35(22)33(27)26-6-2-3-7-30(26)38-34/h2-25H;1-23H;2-20H. The second-order valence-corrected chi connectivity index (χ2v) is 31.2. The van der Waals surface area contributed by atoms with Gasteiger partial charge in [-0.1, -0.05) is 285 Å². The first kappa shape index (κ1) is 73.5. The van der Waals surface area contributed by atoms with E-state index < -0.39 is 0 Å². The van der Waals surface area contributed by atoms with Gasteiger partial charge in [0.15, 0.2) is 28.8 Å². The third-order valence-corrected chi connectivity index (χ3v) is 23.9. The van der Waals surface area contributed by atoms with Crippen LogP contribution in [-0.2, 0) is 0 Å². The van der Waals surface area contributed by atoms with Crippen LogP contribution >= 0.6 is 0 Å². The Morgan fingerprint density at radius 1 is 0.230 bits per heavy atom. The molecule has 0 fully saturated rings. The predicted octanol–water partition coefficient (Wildman–Crippen LogP) is 29.4. The third-order valence-electron chi connectivity index (χ3n) is 23.9. The Morgan fingerprint density at radius 3 is 0.992 bits per heavy atom. The molecule has 13 heteroatoms. The fourth-order valence-electron chi connectivity index (χ4n) is 17.9. The van der Waals surface area contributed by atoms with Gasteiger partial charge in [0.2, 0.25) is 0 Å². The lowest BCUT2D eigenvalue weighted by atomic mass is 9.96. The van der Waals surface area contributed by atoms with Crippen LogP contribution in [0.15, 0.2) is 405 Å². The number of furan rings is 1. The summed E-state index contributed by atoms with van der Waals surface area (Å²) in [4.78, 5) is 51.5. The largest absolute Gasteiger partial charge is 0.456 e. The van der Waals surface area contributed by atoms with E-state index >= 15 is 0 Å². The van der Waals surface area contributed by atoms with Gasteiger partial charge in [0.25, 0.3) is 0 Å². The Labute approximate surface area is 721 Å². The van der Waals surface area contributed by atoms with Gasteiger partial charge in [-0.25, -0.2) is 39.6 Å². The minimum absolute atomic E-state index is 0.609. The second-order valence-electron chi connectivity index (χ2n) is 31.2. The summed E-state index contributed by atoms with van der Waals surface area (Å²) in [5.74, 6) is 1.91. The summed E-state index contributed by atoms with van der Waals surface area (Å²) in [5.41, 5.74) is 25.2. The summed E-state index contributed by atoms with van der Waals surface area (Å²) in [6.07, 6.45) is 5.57. The summed E-state index contributed by atoms with van der Waals surface area (Å²) in [6.45, 7) is 15.0. The third kappa shape index (κ3) is 13.0. The maximum absolute atomic E-state index is 7.61. The van der Waals surface area contributed by atoms with Gasteiger partial charge in [0, 0.05) is 138 Å². The molecule has 25 aromatic rings. The molecule has 25 rings (SSSR count). The molecule has 0 radical (unpaired) electrons. The van der Waals surface area contributed by atoms with E-state index in [1.807, 2.05) is 152 Å². The van der Waals surface area contributed by atoms with Crippen molar-refractivity contribution in [2.24, 2.45) is 0 Å². The summed E-state index contributed by atoms with van der Waals surface area (Å²) < 4.78 is 8.29. The van der Waals surface area contributed by atoms with Crippen LogP contribution in [0.25, 0.3) is 247 Å². The van der Waals surface area contributed by atoms with Crippen LogP contribution in [0.5, 0.6) is 0 Å². The number of para-hydroxylation sites is 4. The lowest BCUT2D eigenvalue weighted by Crippen LogP contribution is -2.00. The van der Waals surface area contributed by atoms with E-state index in [0.29, 0.717) is 28.8 Å². The number of fused-ring (bicyclic) bond motifs is 21. The highest BCUT2D eigenvalue weighted by Crippen LogP contribution is 2.44. The zero-order valence-electron chi connectivity index (χ0n) is 67.4. The molecule has 584 valence electrons. The highest BCUT2D eigenvalue weighted by molar-refractivity contribution is 6.24. The number of rotatable bonds is 9. The first-order chi connectivity index (χ1) is 62.3. The quantitative estimate of drug-likeness (QED) is 0.101. The van der Waals surface area contributed by atoms with E-state index in [-0.39, 0.29) is 0 Å². The van der Waals surface area contributed by atoms with Crippen molar-refractivity contribution in [2.75, 3.05) is 0 Å².